The summed E-state index contributed by atoms with van der Waals surface area (Å²) in [6.07, 6.45) is -0.494. The van der Waals surface area contributed by atoms with Crippen LogP contribution in [0.25, 0.3) is 10.8 Å². The van der Waals surface area contributed by atoms with Crippen molar-refractivity contribution in [1.82, 2.24) is 0 Å². The highest BCUT2D eigenvalue weighted by Crippen LogP contribution is 2.44. The number of hydrogen-bond donors (Lipinski definition) is 1. The predicted octanol–water partition coefficient (Wildman–Crippen LogP) is 5.64. The number of ether oxygens (including phenoxy) is 3. The van der Waals surface area contributed by atoms with Crippen LogP contribution in [0.15, 0.2) is 78.9 Å². The molecule has 5 rings (SSSR count). The van der Waals surface area contributed by atoms with E-state index in [1.165, 1.54) is 0 Å². The van der Waals surface area contributed by atoms with E-state index in [0.717, 1.165) is 27.7 Å². The molecule has 166 valence electrons. The van der Waals surface area contributed by atoms with Crippen molar-refractivity contribution in [2.75, 3.05) is 31.5 Å². The smallest absolute Gasteiger partial charge is 0.262 e. The van der Waals surface area contributed by atoms with Crippen LogP contribution in [-0.4, -0.2) is 27.2 Å². The van der Waals surface area contributed by atoms with Gasteiger partial charge in [0, 0.05) is 16.6 Å². The first-order valence-electron chi connectivity index (χ1n) is 10.6. The van der Waals surface area contributed by atoms with Crippen molar-refractivity contribution in [3.05, 3.63) is 90.0 Å². The summed E-state index contributed by atoms with van der Waals surface area (Å²) in [4.78, 5) is 15.7. The molecule has 1 N–H and O–H groups in total. The Kier molecular flexibility index (Phi) is 5.26. The second-order valence-corrected chi connectivity index (χ2v) is 7.72. The van der Waals surface area contributed by atoms with Gasteiger partial charge in [-0.05, 0) is 35.7 Å². The number of carbonyl (C=O) groups is 1. The molecule has 0 fully saturated rings. The molecule has 6 heteroatoms. The number of hydrogen-bond acceptors (Lipinski definition) is 5. The Hall–Kier alpha value is -4.19. The second-order valence-electron chi connectivity index (χ2n) is 7.72. The highest BCUT2D eigenvalue weighted by atomic mass is 16.5. The van der Waals surface area contributed by atoms with Crippen LogP contribution in [0.5, 0.6) is 17.2 Å². The third kappa shape index (κ3) is 3.40. The Balaban J connectivity index is 1.75. The first-order chi connectivity index (χ1) is 16.2. The average Bonchev–Trinajstić information content (AvgIpc) is 2.87. The monoisotopic (exact) mass is 440 g/mol. The summed E-state index contributed by atoms with van der Waals surface area (Å²) in [6, 6.07) is 25.3. The summed E-state index contributed by atoms with van der Waals surface area (Å²) in [7, 11) is 4.73. The Bertz CT molecular complexity index is 1320. The maximum absolute atomic E-state index is 13.9. The lowest BCUT2D eigenvalue weighted by atomic mass is 10.00. The number of rotatable bonds is 5. The van der Waals surface area contributed by atoms with Gasteiger partial charge in [0.05, 0.1) is 32.6 Å². The molecule has 1 atom stereocenters. The van der Waals surface area contributed by atoms with Gasteiger partial charge in [0.15, 0.2) is 11.5 Å². The molecular weight excluding hydrogens is 416 g/mol. The zero-order valence-electron chi connectivity index (χ0n) is 18.7. The van der Waals surface area contributed by atoms with E-state index >= 15 is 0 Å². The van der Waals surface area contributed by atoms with E-state index < -0.39 is 6.17 Å². The third-order valence-electron chi connectivity index (χ3n) is 5.96. The molecule has 0 radical (unpaired) electrons. The van der Waals surface area contributed by atoms with Crippen LogP contribution in [0.1, 0.15) is 22.1 Å². The predicted molar refractivity (Wildman–Crippen MR) is 130 cm³/mol. The summed E-state index contributed by atoms with van der Waals surface area (Å²) in [6.45, 7) is 0. The first kappa shape index (κ1) is 20.7. The highest BCUT2D eigenvalue weighted by Gasteiger charge is 2.35. The average molecular weight is 440 g/mol. The van der Waals surface area contributed by atoms with Gasteiger partial charge in [-0.1, -0.05) is 48.5 Å². The fourth-order valence-corrected chi connectivity index (χ4v) is 4.41. The van der Waals surface area contributed by atoms with E-state index in [0.29, 0.717) is 22.8 Å². The molecule has 0 unspecified atom stereocenters. The van der Waals surface area contributed by atoms with Gasteiger partial charge in [0.2, 0.25) is 5.75 Å². The van der Waals surface area contributed by atoms with Gasteiger partial charge in [-0.3, -0.25) is 9.69 Å². The van der Waals surface area contributed by atoms with Gasteiger partial charge < -0.3 is 19.5 Å². The summed E-state index contributed by atoms with van der Waals surface area (Å²) in [5.74, 6) is 1.47. The second kappa shape index (κ2) is 8.39. The van der Waals surface area contributed by atoms with Crippen molar-refractivity contribution in [3.63, 3.8) is 0 Å². The van der Waals surface area contributed by atoms with E-state index in [-0.39, 0.29) is 5.91 Å². The lowest BCUT2D eigenvalue weighted by Gasteiger charge is -2.39. The van der Waals surface area contributed by atoms with Crippen LogP contribution < -0.4 is 24.4 Å². The molecule has 6 nitrogen and oxygen atoms in total. The number of para-hydroxylation sites is 1. The SMILES string of the molecule is COc1cc([C@H]2Nc3ccccc3C(=O)N2c2cccc3ccccc23)cc(OC)c1OC. The largest absolute Gasteiger partial charge is 0.493 e. The van der Waals surface area contributed by atoms with Crippen molar-refractivity contribution in [2.24, 2.45) is 0 Å². The number of amides is 1. The minimum Gasteiger partial charge on any atom is -0.493 e. The molecule has 0 saturated heterocycles. The van der Waals surface area contributed by atoms with Crippen molar-refractivity contribution in [3.8, 4) is 17.2 Å². The maximum Gasteiger partial charge on any atom is 0.262 e. The zero-order chi connectivity index (χ0) is 22.9. The molecule has 0 aliphatic carbocycles. The van der Waals surface area contributed by atoms with Crippen LogP contribution in [-0.2, 0) is 0 Å². The lowest BCUT2D eigenvalue weighted by molar-refractivity contribution is 0.0975. The molecule has 4 aromatic carbocycles. The zero-order valence-corrected chi connectivity index (χ0v) is 18.7. The van der Waals surface area contributed by atoms with Crippen molar-refractivity contribution in [1.29, 1.82) is 0 Å². The first-order valence-corrected chi connectivity index (χ1v) is 10.6. The van der Waals surface area contributed by atoms with Gasteiger partial charge in [-0.25, -0.2) is 0 Å². The van der Waals surface area contributed by atoms with Gasteiger partial charge in [0.1, 0.15) is 6.17 Å². The number of carbonyl (C=O) groups excluding carboxylic acids is 1. The number of anilines is 2. The molecule has 1 amide bonds. The number of methoxy groups -OCH3 is 3. The maximum atomic E-state index is 13.9. The Morgan fingerprint density at radius 3 is 2.18 bits per heavy atom. The fourth-order valence-electron chi connectivity index (χ4n) is 4.41. The van der Waals surface area contributed by atoms with Crippen molar-refractivity contribution in [2.45, 2.75) is 6.17 Å². The number of benzene rings is 4. The summed E-state index contributed by atoms with van der Waals surface area (Å²) in [5.41, 5.74) is 3.02. The minimum atomic E-state index is -0.494. The summed E-state index contributed by atoms with van der Waals surface area (Å²) in [5, 5.41) is 5.60. The summed E-state index contributed by atoms with van der Waals surface area (Å²) < 4.78 is 16.7. The molecule has 1 aliphatic heterocycles. The molecular formula is C27H24N2O4. The van der Waals surface area contributed by atoms with Crippen LogP contribution in [0.4, 0.5) is 11.4 Å². The van der Waals surface area contributed by atoms with Crippen LogP contribution in [0.2, 0.25) is 0 Å². The minimum absolute atomic E-state index is 0.0838. The van der Waals surface area contributed by atoms with E-state index in [9.17, 15) is 4.79 Å². The van der Waals surface area contributed by atoms with Crippen molar-refractivity contribution < 1.29 is 19.0 Å². The van der Waals surface area contributed by atoms with Gasteiger partial charge in [0.25, 0.3) is 5.91 Å². The van der Waals surface area contributed by atoms with Crippen molar-refractivity contribution >= 4 is 28.1 Å². The Labute approximate surface area is 192 Å². The number of nitrogens with zero attached hydrogens (tertiary/aromatic N) is 1. The standard InChI is InChI=1S/C27H24N2O4/c1-31-23-15-18(16-24(32-2)25(23)33-3)26-28-21-13-7-6-12-20(21)27(30)29(26)22-14-8-10-17-9-4-5-11-19(17)22/h4-16,26,28H,1-3H3/t26-/m0/s1. The van der Waals surface area contributed by atoms with Gasteiger partial charge >= 0.3 is 0 Å². The highest BCUT2D eigenvalue weighted by molar-refractivity contribution is 6.15. The van der Waals surface area contributed by atoms with Crippen LogP contribution in [0.3, 0.4) is 0 Å². The molecule has 0 aromatic heterocycles. The molecule has 0 bridgehead atoms. The molecule has 1 heterocycles. The number of fused-ring (bicyclic) bond motifs is 2. The molecule has 0 spiro atoms. The van der Waals surface area contributed by atoms with E-state index in [1.807, 2.05) is 78.9 Å². The lowest BCUT2D eigenvalue weighted by Crippen LogP contribution is -2.43. The van der Waals surface area contributed by atoms with Gasteiger partial charge in [-0.2, -0.15) is 0 Å². The van der Waals surface area contributed by atoms with Crippen LogP contribution >= 0.6 is 0 Å². The van der Waals surface area contributed by atoms with Crippen LogP contribution in [0, 0.1) is 0 Å². The van der Waals surface area contributed by atoms with E-state index in [4.69, 9.17) is 14.2 Å². The molecule has 4 aromatic rings. The Morgan fingerprint density at radius 2 is 1.45 bits per heavy atom. The molecule has 33 heavy (non-hydrogen) atoms. The fraction of sp³-hybridized carbons (Fsp3) is 0.148. The number of nitrogens with one attached hydrogen (secondary N) is 1. The molecule has 1 aliphatic rings. The topological polar surface area (TPSA) is 60.0 Å². The summed E-state index contributed by atoms with van der Waals surface area (Å²) >= 11 is 0. The quantitative estimate of drug-likeness (QED) is 0.435. The third-order valence-corrected chi connectivity index (χ3v) is 5.96. The van der Waals surface area contributed by atoms with E-state index in [1.54, 1.807) is 26.2 Å². The van der Waals surface area contributed by atoms with E-state index in [2.05, 4.69) is 5.32 Å². The molecule has 0 saturated carbocycles. The van der Waals surface area contributed by atoms with Gasteiger partial charge in [-0.15, -0.1) is 0 Å². The normalized spacial score (nSPS) is 15.1. The Morgan fingerprint density at radius 1 is 0.788 bits per heavy atom.